The van der Waals surface area contributed by atoms with Crippen LogP contribution in [-0.2, 0) is 17.9 Å². The van der Waals surface area contributed by atoms with Crippen LogP contribution in [0.4, 0.5) is 0 Å². The van der Waals surface area contributed by atoms with Crippen molar-refractivity contribution in [1.82, 2.24) is 5.32 Å². The molecule has 0 amide bonds. The lowest BCUT2D eigenvalue weighted by Crippen LogP contribution is -2.14. The predicted octanol–water partition coefficient (Wildman–Crippen LogP) is 3.87. The predicted molar refractivity (Wildman–Crippen MR) is 102 cm³/mol. The van der Waals surface area contributed by atoms with Gasteiger partial charge in [0.1, 0.15) is 5.75 Å². The van der Waals surface area contributed by atoms with E-state index in [4.69, 9.17) is 14.6 Å². The SMILES string of the molecule is COc1cccc(COCCCCCNCc2ccc(C(=O)O)cc2)c1. The molecule has 0 spiro atoms. The normalized spacial score (nSPS) is 10.7. The molecule has 26 heavy (non-hydrogen) atoms. The molecular weight excluding hydrogens is 330 g/mol. The Morgan fingerprint density at radius 3 is 2.58 bits per heavy atom. The second kappa shape index (κ2) is 11.3. The maximum Gasteiger partial charge on any atom is 0.335 e. The second-order valence-corrected chi connectivity index (χ2v) is 6.14. The van der Waals surface area contributed by atoms with Gasteiger partial charge in [0.25, 0.3) is 0 Å². The average Bonchev–Trinajstić information content (AvgIpc) is 2.67. The third-order valence-corrected chi connectivity index (χ3v) is 4.08. The average molecular weight is 357 g/mol. The number of methoxy groups -OCH3 is 1. The molecule has 2 N–H and O–H groups in total. The van der Waals surface area contributed by atoms with Crippen LogP contribution in [0.3, 0.4) is 0 Å². The van der Waals surface area contributed by atoms with Crippen LogP contribution >= 0.6 is 0 Å². The van der Waals surface area contributed by atoms with Gasteiger partial charge in [0.15, 0.2) is 0 Å². The molecule has 0 atom stereocenters. The standard InChI is InChI=1S/C21H27NO4/c1-25-20-7-5-6-18(14-20)16-26-13-4-2-3-12-22-15-17-8-10-19(11-9-17)21(23)24/h5-11,14,22H,2-4,12-13,15-16H2,1H3,(H,23,24). The molecular formula is C21H27NO4. The monoisotopic (exact) mass is 357 g/mol. The van der Waals surface area contributed by atoms with E-state index in [1.807, 2.05) is 36.4 Å². The second-order valence-electron chi connectivity index (χ2n) is 6.14. The number of ether oxygens (including phenoxy) is 2. The summed E-state index contributed by atoms with van der Waals surface area (Å²) < 4.78 is 10.9. The molecule has 140 valence electrons. The van der Waals surface area contributed by atoms with Gasteiger partial charge >= 0.3 is 5.97 Å². The van der Waals surface area contributed by atoms with Gasteiger partial charge in [-0.05, 0) is 61.2 Å². The van der Waals surface area contributed by atoms with Crippen molar-refractivity contribution in [3.05, 3.63) is 65.2 Å². The number of unbranched alkanes of at least 4 members (excludes halogenated alkanes) is 2. The number of benzene rings is 2. The fraction of sp³-hybridized carbons (Fsp3) is 0.381. The molecule has 2 aromatic carbocycles. The van der Waals surface area contributed by atoms with E-state index in [2.05, 4.69) is 5.32 Å². The lowest BCUT2D eigenvalue weighted by Gasteiger charge is -2.07. The molecule has 0 aromatic heterocycles. The Labute approximate surface area is 155 Å². The van der Waals surface area contributed by atoms with Crippen molar-refractivity contribution in [3.8, 4) is 5.75 Å². The first-order valence-electron chi connectivity index (χ1n) is 8.92. The Bertz CT molecular complexity index is 670. The maximum absolute atomic E-state index is 10.8. The highest BCUT2D eigenvalue weighted by atomic mass is 16.5. The first-order chi connectivity index (χ1) is 12.7. The van der Waals surface area contributed by atoms with E-state index < -0.39 is 5.97 Å². The molecule has 0 aliphatic carbocycles. The molecule has 2 aromatic rings. The topological polar surface area (TPSA) is 67.8 Å². The Morgan fingerprint density at radius 1 is 1.04 bits per heavy atom. The number of carbonyl (C=O) groups is 1. The first-order valence-corrected chi connectivity index (χ1v) is 8.92. The van der Waals surface area contributed by atoms with Gasteiger partial charge in [0.2, 0.25) is 0 Å². The van der Waals surface area contributed by atoms with Gasteiger partial charge < -0.3 is 19.9 Å². The highest BCUT2D eigenvalue weighted by Crippen LogP contribution is 2.13. The van der Waals surface area contributed by atoms with E-state index in [1.54, 1.807) is 19.2 Å². The molecule has 0 aliphatic heterocycles. The smallest absolute Gasteiger partial charge is 0.335 e. The number of hydrogen-bond donors (Lipinski definition) is 2. The van der Waals surface area contributed by atoms with Crippen LogP contribution in [0.2, 0.25) is 0 Å². The minimum atomic E-state index is -0.891. The Morgan fingerprint density at radius 2 is 1.85 bits per heavy atom. The van der Waals surface area contributed by atoms with Crippen LogP contribution < -0.4 is 10.1 Å². The molecule has 0 aliphatic rings. The summed E-state index contributed by atoms with van der Waals surface area (Å²) in [6, 6.07) is 14.9. The zero-order chi connectivity index (χ0) is 18.6. The summed E-state index contributed by atoms with van der Waals surface area (Å²) in [5.74, 6) is -0.0343. The van der Waals surface area contributed by atoms with Crippen molar-refractivity contribution in [2.75, 3.05) is 20.3 Å². The van der Waals surface area contributed by atoms with Gasteiger partial charge in [0.05, 0.1) is 19.3 Å². The van der Waals surface area contributed by atoms with Crippen molar-refractivity contribution in [2.45, 2.75) is 32.4 Å². The lowest BCUT2D eigenvalue weighted by atomic mass is 10.1. The summed E-state index contributed by atoms with van der Waals surface area (Å²) in [7, 11) is 1.67. The Kier molecular flexibility index (Phi) is 8.66. The summed E-state index contributed by atoms with van der Waals surface area (Å²) >= 11 is 0. The number of nitrogens with one attached hydrogen (secondary N) is 1. The van der Waals surface area contributed by atoms with Gasteiger partial charge in [0, 0.05) is 13.2 Å². The summed E-state index contributed by atoms with van der Waals surface area (Å²) in [6.45, 7) is 3.07. The molecule has 5 nitrogen and oxygen atoms in total. The van der Waals surface area contributed by atoms with Gasteiger partial charge in [-0.25, -0.2) is 4.79 Å². The van der Waals surface area contributed by atoms with E-state index in [9.17, 15) is 4.79 Å². The van der Waals surface area contributed by atoms with Gasteiger partial charge in [-0.15, -0.1) is 0 Å². The van der Waals surface area contributed by atoms with Crippen LogP contribution in [0.25, 0.3) is 0 Å². The van der Waals surface area contributed by atoms with Crippen LogP contribution in [0, 0.1) is 0 Å². The number of rotatable bonds is 12. The van der Waals surface area contributed by atoms with E-state index >= 15 is 0 Å². The lowest BCUT2D eigenvalue weighted by molar-refractivity contribution is 0.0697. The van der Waals surface area contributed by atoms with E-state index in [0.717, 1.165) is 55.8 Å². The van der Waals surface area contributed by atoms with E-state index in [1.165, 1.54) is 0 Å². The summed E-state index contributed by atoms with van der Waals surface area (Å²) in [5, 5.41) is 12.2. The molecule has 0 heterocycles. The van der Waals surface area contributed by atoms with Crippen molar-refractivity contribution in [2.24, 2.45) is 0 Å². The minimum Gasteiger partial charge on any atom is -0.497 e. The molecule has 0 saturated heterocycles. The number of hydrogen-bond acceptors (Lipinski definition) is 4. The molecule has 2 rings (SSSR count). The molecule has 0 bridgehead atoms. The summed E-state index contributed by atoms with van der Waals surface area (Å²) in [5.41, 5.74) is 2.54. The molecule has 0 fully saturated rings. The third kappa shape index (κ3) is 7.25. The Balaban J connectivity index is 1.48. The highest BCUT2D eigenvalue weighted by molar-refractivity contribution is 5.87. The highest BCUT2D eigenvalue weighted by Gasteiger charge is 2.01. The molecule has 5 heteroatoms. The van der Waals surface area contributed by atoms with Crippen LogP contribution in [0.1, 0.15) is 40.7 Å². The van der Waals surface area contributed by atoms with Crippen molar-refractivity contribution >= 4 is 5.97 Å². The fourth-order valence-electron chi connectivity index (χ4n) is 2.58. The first kappa shape index (κ1) is 19.9. The number of aromatic carboxylic acids is 1. The molecule has 0 unspecified atom stereocenters. The van der Waals surface area contributed by atoms with Crippen LogP contribution in [-0.4, -0.2) is 31.3 Å². The summed E-state index contributed by atoms with van der Waals surface area (Å²) in [4.78, 5) is 10.8. The van der Waals surface area contributed by atoms with Crippen molar-refractivity contribution in [1.29, 1.82) is 0 Å². The van der Waals surface area contributed by atoms with Crippen LogP contribution in [0.5, 0.6) is 5.75 Å². The van der Waals surface area contributed by atoms with Crippen LogP contribution in [0.15, 0.2) is 48.5 Å². The third-order valence-electron chi connectivity index (χ3n) is 4.08. The molecule has 0 radical (unpaired) electrons. The minimum absolute atomic E-state index is 0.322. The zero-order valence-corrected chi connectivity index (χ0v) is 15.2. The fourth-order valence-corrected chi connectivity index (χ4v) is 2.58. The maximum atomic E-state index is 10.8. The van der Waals surface area contributed by atoms with Gasteiger partial charge in [-0.2, -0.15) is 0 Å². The van der Waals surface area contributed by atoms with Crippen molar-refractivity contribution in [3.63, 3.8) is 0 Å². The van der Waals surface area contributed by atoms with E-state index in [0.29, 0.717) is 12.2 Å². The Hall–Kier alpha value is -2.37. The quantitative estimate of drug-likeness (QED) is 0.565. The number of carboxylic acids is 1. The number of carboxylic acid groups (broad SMARTS) is 1. The van der Waals surface area contributed by atoms with Gasteiger partial charge in [-0.1, -0.05) is 24.3 Å². The zero-order valence-electron chi connectivity index (χ0n) is 15.2. The van der Waals surface area contributed by atoms with E-state index in [-0.39, 0.29) is 0 Å². The van der Waals surface area contributed by atoms with Gasteiger partial charge in [-0.3, -0.25) is 0 Å². The van der Waals surface area contributed by atoms with Crippen molar-refractivity contribution < 1.29 is 19.4 Å². The largest absolute Gasteiger partial charge is 0.497 e. The summed E-state index contributed by atoms with van der Waals surface area (Å²) in [6.07, 6.45) is 3.25. The molecule has 0 saturated carbocycles.